The summed E-state index contributed by atoms with van der Waals surface area (Å²) in [7, 11) is -1.90. The quantitative estimate of drug-likeness (QED) is 0.780. The lowest BCUT2D eigenvalue weighted by molar-refractivity contribution is 0.0620. The first kappa shape index (κ1) is 16.1. The van der Waals surface area contributed by atoms with Crippen LogP contribution in [0.15, 0.2) is 29.2 Å². The number of rotatable bonds is 5. The first-order valence-electron chi connectivity index (χ1n) is 7.06. The Labute approximate surface area is 126 Å². The SMILES string of the molecule is CC(=O)c1ccc(S(=O)(=O)N(C)CC2CCOCC2)cc1. The van der Waals surface area contributed by atoms with E-state index in [1.54, 1.807) is 19.2 Å². The molecule has 1 aromatic rings. The summed E-state index contributed by atoms with van der Waals surface area (Å²) in [5.41, 5.74) is 0.515. The van der Waals surface area contributed by atoms with E-state index < -0.39 is 10.0 Å². The molecular weight excluding hydrogens is 290 g/mol. The van der Waals surface area contributed by atoms with Crippen molar-refractivity contribution in [2.24, 2.45) is 5.92 Å². The summed E-state index contributed by atoms with van der Waals surface area (Å²) in [5.74, 6) is 0.268. The first-order valence-corrected chi connectivity index (χ1v) is 8.50. The van der Waals surface area contributed by atoms with Crippen molar-refractivity contribution in [2.75, 3.05) is 26.8 Å². The predicted molar refractivity (Wildman–Crippen MR) is 79.8 cm³/mol. The summed E-state index contributed by atoms with van der Waals surface area (Å²) in [6, 6.07) is 6.09. The first-order chi connectivity index (χ1) is 9.91. The molecule has 6 heteroatoms. The molecule has 1 aliphatic rings. The number of hydrogen-bond donors (Lipinski definition) is 0. The molecule has 0 unspecified atom stereocenters. The Morgan fingerprint density at radius 2 is 1.81 bits per heavy atom. The molecule has 1 saturated heterocycles. The van der Waals surface area contributed by atoms with Crippen LogP contribution < -0.4 is 0 Å². The largest absolute Gasteiger partial charge is 0.381 e. The Balaban J connectivity index is 2.10. The number of carbonyl (C=O) groups excluding carboxylic acids is 1. The molecule has 1 fully saturated rings. The van der Waals surface area contributed by atoms with Gasteiger partial charge in [0.05, 0.1) is 4.90 Å². The molecule has 0 spiro atoms. The summed E-state index contributed by atoms with van der Waals surface area (Å²) in [5, 5.41) is 0. The normalized spacial score (nSPS) is 17.1. The Kier molecular flexibility index (Phi) is 5.13. The molecule has 0 bridgehead atoms. The third-order valence-corrected chi connectivity index (χ3v) is 5.66. The fraction of sp³-hybridized carbons (Fsp3) is 0.533. The maximum absolute atomic E-state index is 12.5. The Morgan fingerprint density at radius 1 is 1.24 bits per heavy atom. The summed E-state index contributed by atoms with van der Waals surface area (Å²) in [6.07, 6.45) is 1.78. The molecule has 1 aromatic carbocycles. The number of nitrogens with zero attached hydrogens (tertiary/aromatic N) is 1. The molecule has 21 heavy (non-hydrogen) atoms. The van der Waals surface area contributed by atoms with Gasteiger partial charge in [0.2, 0.25) is 10.0 Å². The van der Waals surface area contributed by atoms with Crippen LogP contribution in [-0.2, 0) is 14.8 Å². The summed E-state index contributed by atoms with van der Waals surface area (Å²) in [4.78, 5) is 11.5. The molecule has 116 valence electrons. The van der Waals surface area contributed by atoms with Crippen molar-refractivity contribution in [3.8, 4) is 0 Å². The third-order valence-electron chi connectivity index (χ3n) is 3.83. The van der Waals surface area contributed by atoms with Crippen LogP contribution in [0.4, 0.5) is 0 Å². The fourth-order valence-electron chi connectivity index (χ4n) is 2.43. The van der Waals surface area contributed by atoms with Crippen molar-refractivity contribution in [3.63, 3.8) is 0 Å². The minimum Gasteiger partial charge on any atom is -0.381 e. The lowest BCUT2D eigenvalue weighted by Crippen LogP contribution is -2.34. The van der Waals surface area contributed by atoms with E-state index in [-0.39, 0.29) is 10.7 Å². The van der Waals surface area contributed by atoms with Gasteiger partial charge in [-0.25, -0.2) is 12.7 Å². The molecule has 0 radical (unpaired) electrons. The van der Waals surface area contributed by atoms with E-state index in [0.717, 1.165) is 12.8 Å². The molecule has 2 rings (SSSR count). The average Bonchev–Trinajstić information content (AvgIpc) is 2.48. The number of Topliss-reactive ketones (excluding diaryl/α,β-unsaturated/α-hetero) is 1. The average molecular weight is 311 g/mol. The van der Waals surface area contributed by atoms with Crippen LogP contribution in [0.1, 0.15) is 30.1 Å². The van der Waals surface area contributed by atoms with Gasteiger partial charge in [-0.15, -0.1) is 0 Å². The minimum atomic E-state index is -3.50. The van der Waals surface area contributed by atoms with Gasteiger partial charge in [-0.2, -0.15) is 0 Å². The summed E-state index contributed by atoms with van der Waals surface area (Å²) in [6.45, 7) is 3.36. The van der Waals surface area contributed by atoms with Crippen molar-refractivity contribution in [1.29, 1.82) is 0 Å². The van der Waals surface area contributed by atoms with Crippen molar-refractivity contribution in [1.82, 2.24) is 4.31 Å². The zero-order valence-corrected chi connectivity index (χ0v) is 13.2. The summed E-state index contributed by atoms with van der Waals surface area (Å²) < 4.78 is 31.7. The number of ether oxygens (including phenoxy) is 1. The van der Waals surface area contributed by atoms with Crippen LogP contribution >= 0.6 is 0 Å². The van der Waals surface area contributed by atoms with E-state index in [1.165, 1.54) is 23.4 Å². The highest BCUT2D eigenvalue weighted by Gasteiger charge is 2.25. The van der Waals surface area contributed by atoms with Gasteiger partial charge in [0.25, 0.3) is 0 Å². The maximum Gasteiger partial charge on any atom is 0.242 e. The molecule has 0 aromatic heterocycles. The standard InChI is InChI=1S/C15H21NO4S/c1-12(17)14-3-5-15(6-4-14)21(18,19)16(2)11-13-7-9-20-10-8-13/h3-6,13H,7-11H2,1-2H3. The van der Waals surface area contributed by atoms with Gasteiger partial charge in [-0.05, 0) is 37.8 Å². The van der Waals surface area contributed by atoms with E-state index in [0.29, 0.717) is 31.2 Å². The van der Waals surface area contributed by atoms with Crippen LogP contribution in [0.25, 0.3) is 0 Å². The molecule has 1 aliphatic heterocycles. The second-order valence-electron chi connectivity index (χ2n) is 5.42. The zero-order chi connectivity index (χ0) is 15.5. The molecule has 0 amide bonds. The zero-order valence-electron chi connectivity index (χ0n) is 12.4. The van der Waals surface area contributed by atoms with Gasteiger partial charge in [0.1, 0.15) is 0 Å². The van der Waals surface area contributed by atoms with Crippen LogP contribution in [-0.4, -0.2) is 45.3 Å². The molecule has 5 nitrogen and oxygen atoms in total. The number of hydrogen-bond acceptors (Lipinski definition) is 4. The van der Waals surface area contributed by atoms with Crippen molar-refractivity contribution < 1.29 is 17.9 Å². The number of sulfonamides is 1. The van der Waals surface area contributed by atoms with Gasteiger partial charge >= 0.3 is 0 Å². The van der Waals surface area contributed by atoms with Crippen LogP contribution in [0, 0.1) is 5.92 Å². The molecule has 0 atom stereocenters. The highest BCUT2D eigenvalue weighted by Crippen LogP contribution is 2.20. The lowest BCUT2D eigenvalue weighted by atomic mass is 10.0. The van der Waals surface area contributed by atoms with E-state index in [1.807, 2.05) is 0 Å². The Bertz CT molecular complexity index is 589. The highest BCUT2D eigenvalue weighted by atomic mass is 32.2. The number of benzene rings is 1. The van der Waals surface area contributed by atoms with Gasteiger partial charge in [-0.1, -0.05) is 12.1 Å². The van der Waals surface area contributed by atoms with Crippen molar-refractivity contribution in [3.05, 3.63) is 29.8 Å². The van der Waals surface area contributed by atoms with Gasteiger partial charge in [-0.3, -0.25) is 4.79 Å². The molecule has 0 aliphatic carbocycles. The molecular formula is C15H21NO4S. The van der Waals surface area contributed by atoms with Crippen molar-refractivity contribution >= 4 is 15.8 Å². The second-order valence-corrected chi connectivity index (χ2v) is 7.47. The smallest absolute Gasteiger partial charge is 0.242 e. The maximum atomic E-state index is 12.5. The van der Waals surface area contributed by atoms with Crippen LogP contribution in [0.3, 0.4) is 0 Å². The van der Waals surface area contributed by atoms with Crippen molar-refractivity contribution in [2.45, 2.75) is 24.7 Å². The van der Waals surface area contributed by atoms with E-state index in [2.05, 4.69) is 0 Å². The van der Waals surface area contributed by atoms with Crippen LogP contribution in [0.2, 0.25) is 0 Å². The van der Waals surface area contributed by atoms with Gasteiger partial charge in [0.15, 0.2) is 5.78 Å². The number of ketones is 1. The number of carbonyl (C=O) groups is 1. The predicted octanol–water partition coefficient (Wildman–Crippen LogP) is 1.94. The fourth-order valence-corrected chi connectivity index (χ4v) is 3.68. The van der Waals surface area contributed by atoms with Crippen LogP contribution in [0.5, 0.6) is 0 Å². The van der Waals surface area contributed by atoms with E-state index >= 15 is 0 Å². The topological polar surface area (TPSA) is 63.7 Å². The van der Waals surface area contributed by atoms with E-state index in [4.69, 9.17) is 4.74 Å². The second kappa shape index (κ2) is 6.68. The van der Waals surface area contributed by atoms with E-state index in [9.17, 15) is 13.2 Å². The molecule has 1 heterocycles. The molecule has 0 N–H and O–H groups in total. The third kappa shape index (κ3) is 3.90. The Hall–Kier alpha value is -1.24. The lowest BCUT2D eigenvalue weighted by Gasteiger charge is -2.26. The summed E-state index contributed by atoms with van der Waals surface area (Å²) >= 11 is 0. The van der Waals surface area contributed by atoms with Gasteiger partial charge < -0.3 is 4.74 Å². The minimum absolute atomic E-state index is 0.0745. The Morgan fingerprint density at radius 3 is 2.33 bits per heavy atom. The highest BCUT2D eigenvalue weighted by molar-refractivity contribution is 7.89. The van der Waals surface area contributed by atoms with Gasteiger partial charge in [0, 0.05) is 32.4 Å². The monoisotopic (exact) mass is 311 g/mol. The molecule has 0 saturated carbocycles.